The summed E-state index contributed by atoms with van der Waals surface area (Å²) in [6.07, 6.45) is 3.07. The number of thiophene rings is 1. The van der Waals surface area contributed by atoms with Crippen LogP contribution in [0.25, 0.3) is 0 Å². The number of hydrogen-bond acceptors (Lipinski definition) is 4. The van der Waals surface area contributed by atoms with E-state index < -0.39 is 10.0 Å². The highest BCUT2D eigenvalue weighted by Crippen LogP contribution is 2.31. The molecule has 114 valence electrons. The molecule has 4 nitrogen and oxygen atoms in total. The molecule has 0 aromatic carbocycles. The monoisotopic (exact) mass is 380 g/mol. The first kappa shape index (κ1) is 16.4. The molecule has 0 bridgehead atoms. The summed E-state index contributed by atoms with van der Waals surface area (Å²) in [4.78, 5) is 0. The van der Waals surface area contributed by atoms with Crippen molar-refractivity contribution in [1.82, 2.24) is 9.62 Å². The van der Waals surface area contributed by atoms with E-state index in [1.807, 2.05) is 12.3 Å². The highest BCUT2D eigenvalue weighted by atomic mass is 79.9. The fourth-order valence-electron chi connectivity index (χ4n) is 2.51. The summed E-state index contributed by atoms with van der Waals surface area (Å²) in [5, 5.41) is 5.16. The minimum Gasteiger partial charge on any atom is -0.316 e. The Kier molecular flexibility index (Phi) is 6.04. The molecule has 20 heavy (non-hydrogen) atoms. The normalized spacial score (nSPS) is 20.4. The van der Waals surface area contributed by atoms with Crippen LogP contribution < -0.4 is 5.32 Å². The van der Waals surface area contributed by atoms with Crippen molar-refractivity contribution < 1.29 is 8.42 Å². The van der Waals surface area contributed by atoms with Crippen LogP contribution in [0.15, 0.2) is 20.1 Å². The van der Waals surface area contributed by atoms with Gasteiger partial charge in [0.15, 0.2) is 0 Å². The summed E-state index contributed by atoms with van der Waals surface area (Å²) >= 11 is 4.62. The van der Waals surface area contributed by atoms with Gasteiger partial charge in [-0.2, -0.15) is 4.31 Å². The molecule has 0 radical (unpaired) electrons. The van der Waals surface area contributed by atoms with Gasteiger partial charge in [-0.1, -0.05) is 6.92 Å². The molecule has 1 N–H and O–H groups in total. The number of halogens is 1. The Morgan fingerprint density at radius 3 is 2.90 bits per heavy atom. The second-order valence-corrected chi connectivity index (χ2v) is 9.04. The van der Waals surface area contributed by atoms with Crippen molar-refractivity contribution in [3.63, 3.8) is 0 Å². The van der Waals surface area contributed by atoms with E-state index in [4.69, 9.17) is 0 Å². The first-order chi connectivity index (χ1) is 9.55. The number of sulfonamides is 1. The molecule has 7 heteroatoms. The van der Waals surface area contributed by atoms with Crippen LogP contribution in [-0.2, 0) is 10.0 Å². The van der Waals surface area contributed by atoms with Crippen molar-refractivity contribution in [2.24, 2.45) is 5.92 Å². The van der Waals surface area contributed by atoms with Gasteiger partial charge in [-0.05, 0) is 65.6 Å². The smallest absolute Gasteiger partial charge is 0.253 e. The molecule has 0 amide bonds. The lowest BCUT2D eigenvalue weighted by atomic mass is 10.00. The summed E-state index contributed by atoms with van der Waals surface area (Å²) in [6.45, 7) is 5.19. The van der Waals surface area contributed by atoms with Gasteiger partial charge in [-0.15, -0.1) is 11.3 Å². The summed E-state index contributed by atoms with van der Waals surface area (Å²) in [6, 6.07) is 1.80. The van der Waals surface area contributed by atoms with E-state index in [2.05, 4.69) is 21.2 Å². The molecule has 1 aromatic heterocycles. The van der Waals surface area contributed by atoms with Crippen LogP contribution in [0, 0.1) is 5.92 Å². The molecule has 0 spiro atoms. The molecule has 2 heterocycles. The Bertz CT molecular complexity index is 524. The summed E-state index contributed by atoms with van der Waals surface area (Å²) < 4.78 is 28.3. The van der Waals surface area contributed by atoms with E-state index in [1.165, 1.54) is 11.3 Å². The Labute approximate surface area is 133 Å². The maximum Gasteiger partial charge on any atom is 0.253 e. The van der Waals surface area contributed by atoms with E-state index in [1.54, 1.807) is 10.4 Å². The Balaban J connectivity index is 2.16. The maximum atomic E-state index is 12.8. The van der Waals surface area contributed by atoms with Crippen LogP contribution in [0.1, 0.15) is 26.2 Å². The number of piperidine rings is 1. The zero-order chi connectivity index (χ0) is 14.6. The largest absolute Gasteiger partial charge is 0.316 e. The van der Waals surface area contributed by atoms with Crippen LogP contribution in [0.2, 0.25) is 0 Å². The van der Waals surface area contributed by atoms with E-state index in [0.717, 1.165) is 32.4 Å². The third kappa shape index (κ3) is 3.82. The SMILES string of the molecule is CCCN(CC1CCCNC1)S(=O)(=O)c1sccc1Br. The molecule has 1 aliphatic rings. The van der Waals surface area contributed by atoms with Gasteiger partial charge in [-0.25, -0.2) is 8.42 Å². The Hall–Kier alpha value is 0.0500. The Morgan fingerprint density at radius 1 is 1.55 bits per heavy atom. The van der Waals surface area contributed by atoms with Gasteiger partial charge >= 0.3 is 0 Å². The summed E-state index contributed by atoms with van der Waals surface area (Å²) in [5.41, 5.74) is 0. The predicted molar refractivity (Wildman–Crippen MR) is 86.7 cm³/mol. The van der Waals surface area contributed by atoms with Crippen molar-refractivity contribution in [2.45, 2.75) is 30.4 Å². The third-order valence-corrected chi connectivity index (χ3v) is 8.00. The van der Waals surface area contributed by atoms with Gasteiger partial charge in [0.1, 0.15) is 4.21 Å². The zero-order valence-electron chi connectivity index (χ0n) is 11.6. The highest BCUT2D eigenvalue weighted by molar-refractivity contribution is 9.10. The first-order valence-corrected chi connectivity index (χ1v) is 10.1. The van der Waals surface area contributed by atoms with Crippen LogP contribution >= 0.6 is 27.3 Å². The first-order valence-electron chi connectivity index (χ1n) is 6.99. The van der Waals surface area contributed by atoms with Gasteiger partial charge < -0.3 is 5.32 Å². The van der Waals surface area contributed by atoms with Crippen LogP contribution in [0.5, 0.6) is 0 Å². The van der Waals surface area contributed by atoms with Crippen LogP contribution in [0.3, 0.4) is 0 Å². The predicted octanol–water partition coefficient (Wildman–Crippen LogP) is 2.91. The zero-order valence-corrected chi connectivity index (χ0v) is 14.9. The fourth-order valence-corrected chi connectivity index (χ4v) is 6.57. The second-order valence-electron chi connectivity index (χ2n) is 5.13. The second kappa shape index (κ2) is 7.35. The van der Waals surface area contributed by atoms with Crippen molar-refractivity contribution in [3.8, 4) is 0 Å². The lowest BCUT2D eigenvalue weighted by Gasteiger charge is -2.29. The van der Waals surface area contributed by atoms with E-state index in [0.29, 0.717) is 27.7 Å². The Morgan fingerprint density at radius 2 is 2.35 bits per heavy atom. The molecule has 1 fully saturated rings. The fraction of sp³-hybridized carbons (Fsp3) is 0.692. The average Bonchev–Trinajstić information content (AvgIpc) is 2.86. The molecule has 0 aliphatic carbocycles. The summed E-state index contributed by atoms with van der Waals surface area (Å²) in [5.74, 6) is 0.420. The van der Waals surface area contributed by atoms with Gasteiger partial charge in [0.25, 0.3) is 10.0 Å². The van der Waals surface area contributed by atoms with Gasteiger partial charge in [0.2, 0.25) is 0 Å². The lowest BCUT2D eigenvalue weighted by molar-refractivity contribution is 0.292. The minimum absolute atomic E-state index is 0.420. The standard InChI is InChI=1S/C13H21BrN2O2S2/c1-2-7-16(10-11-4-3-6-15-9-11)20(17,18)13-12(14)5-8-19-13/h5,8,11,15H,2-4,6-7,9-10H2,1H3. The van der Waals surface area contributed by atoms with Crippen molar-refractivity contribution in [3.05, 3.63) is 15.9 Å². The van der Waals surface area contributed by atoms with Crippen molar-refractivity contribution >= 4 is 37.3 Å². The highest BCUT2D eigenvalue weighted by Gasteiger charge is 2.29. The third-order valence-electron chi connectivity index (χ3n) is 3.49. The quantitative estimate of drug-likeness (QED) is 0.825. The van der Waals surface area contributed by atoms with Gasteiger partial charge in [0.05, 0.1) is 0 Å². The molecule has 1 saturated heterocycles. The van der Waals surface area contributed by atoms with Gasteiger partial charge in [-0.3, -0.25) is 0 Å². The van der Waals surface area contributed by atoms with E-state index in [-0.39, 0.29) is 0 Å². The van der Waals surface area contributed by atoms with E-state index in [9.17, 15) is 8.42 Å². The van der Waals surface area contributed by atoms with Crippen molar-refractivity contribution in [2.75, 3.05) is 26.2 Å². The van der Waals surface area contributed by atoms with Gasteiger partial charge in [0, 0.05) is 17.6 Å². The average molecular weight is 381 g/mol. The molecular formula is C13H21BrN2O2S2. The van der Waals surface area contributed by atoms with Crippen LogP contribution in [0.4, 0.5) is 0 Å². The molecule has 1 aliphatic heterocycles. The topological polar surface area (TPSA) is 49.4 Å². The molecular weight excluding hydrogens is 360 g/mol. The number of hydrogen-bond donors (Lipinski definition) is 1. The lowest BCUT2D eigenvalue weighted by Crippen LogP contribution is -2.41. The molecule has 1 atom stereocenters. The number of nitrogens with zero attached hydrogens (tertiary/aromatic N) is 1. The maximum absolute atomic E-state index is 12.8. The van der Waals surface area contributed by atoms with Crippen molar-refractivity contribution in [1.29, 1.82) is 0 Å². The van der Waals surface area contributed by atoms with E-state index >= 15 is 0 Å². The number of nitrogens with one attached hydrogen (secondary N) is 1. The molecule has 2 rings (SSSR count). The van der Waals surface area contributed by atoms with Crippen LogP contribution in [-0.4, -0.2) is 38.9 Å². The minimum atomic E-state index is -3.37. The molecule has 0 saturated carbocycles. The molecule has 1 aromatic rings. The molecule has 1 unspecified atom stereocenters. The number of rotatable bonds is 6. The summed E-state index contributed by atoms with van der Waals surface area (Å²) in [7, 11) is -3.37.